The van der Waals surface area contributed by atoms with Crippen LogP contribution < -0.4 is 0 Å². The summed E-state index contributed by atoms with van der Waals surface area (Å²) in [4.78, 5) is 26.3. The first-order valence-corrected chi connectivity index (χ1v) is 9.94. The maximum absolute atomic E-state index is 12.8. The molecule has 0 spiro atoms. The van der Waals surface area contributed by atoms with Gasteiger partial charge in [0.25, 0.3) is 0 Å². The van der Waals surface area contributed by atoms with Crippen molar-refractivity contribution in [3.8, 4) is 0 Å². The van der Waals surface area contributed by atoms with Gasteiger partial charge in [0.1, 0.15) is 5.82 Å². The number of hydrogen-bond acceptors (Lipinski definition) is 4. The minimum Gasteiger partial charge on any atom is -0.334 e. The lowest BCUT2D eigenvalue weighted by atomic mass is 10.1. The van der Waals surface area contributed by atoms with Crippen molar-refractivity contribution in [1.29, 1.82) is 0 Å². The molecular weight excluding hydrogens is 336 g/mol. The Bertz CT molecular complexity index is 747. The number of carbonyl (C=O) groups excluding carboxylic acids is 1. The summed E-state index contributed by atoms with van der Waals surface area (Å²) in [5.41, 5.74) is 2.22. The third-order valence-corrected chi connectivity index (χ3v) is 5.17. The summed E-state index contributed by atoms with van der Waals surface area (Å²) in [6.45, 7) is 9.51. The van der Waals surface area contributed by atoms with Crippen LogP contribution in [-0.2, 0) is 17.9 Å². The average molecular weight is 367 g/mol. The van der Waals surface area contributed by atoms with Crippen LogP contribution in [0.2, 0.25) is 0 Å². The van der Waals surface area contributed by atoms with Crippen LogP contribution >= 0.6 is 0 Å². The van der Waals surface area contributed by atoms with Crippen molar-refractivity contribution >= 4 is 5.91 Å². The molecule has 144 valence electrons. The molecule has 1 aromatic heterocycles. The molecule has 0 bridgehead atoms. The highest BCUT2D eigenvalue weighted by molar-refractivity contribution is 5.77. The summed E-state index contributed by atoms with van der Waals surface area (Å²) < 4.78 is 0. The molecule has 0 aliphatic carbocycles. The summed E-state index contributed by atoms with van der Waals surface area (Å²) in [5, 5.41) is 0. The maximum Gasteiger partial charge on any atom is 0.224 e. The molecule has 1 aromatic carbocycles. The van der Waals surface area contributed by atoms with Crippen molar-refractivity contribution in [3.05, 3.63) is 59.7 Å². The smallest absolute Gasteiger partial charge is 0.224 e. The molecule has 0 radical (unpaired) electrons. The molecule has 5 heteroatoms. The molecular formula is C22H30N4O. The summed E-state index contributed by atoms with van der Waals surface area (Å²) in [6, 6.07) is 12.5. The Morgan fingerprint density at radius 1 is 1.15 bits per heavy atom. The molecule has 0 N–H and O–H groups in total. The topological polar surface area (TPSA) is 49.3 Å². The Balaban J connectivity index is 1.71. The van der Waals surface area contributed by atoms with Gasteiger partial charge in [-0.15, -0.1) is 0 Å². The van der Waals surface area contributed by atoms with Gasteiger partial charge < -0.3 is 4.90 Å². The Labute approximate surface area is 162 Å². The molecule has 1 fully saturated rings. The van der Waals surface area contributed by atoms with E-state index in [9.17, 15) is 4.79 Å². The Kier molecular flexibility index (Phi) is 6.56. The van der Waals surface area contributed by atoms with Crippen LogP contribution in [0.25, 0.3) is 0 Å². The van der Waals surface area contributed by atoms with E-state index in [1.807, 2.05) is 30.5 Å². The van der Waals surface area contributed by atoms with E-state index in [1.54, 1.807) is 0 Å². The van der Waals surface area contributed by atoms with E-state index in [-0.39, 0.29) is 11.9 Å². The quantitative estimate of drug-likeness (QED) is 0.784. The van der Waals surface area contributed by atoms with Gasteiger partial charge in [0.15, 0.2) is 0 Å². The van der Waals surface area contributed by atoms with Crippen molar-refractivity contribution in [2.24, 2.45) is 0 Å². The van der Waals surface area contributed by atoms with Gasteiger partial charge >= 0.3 is 0 Å². The first kappa shape index (κ1) is 19.5. The third kappa shape index (κ3) is 5.13. The number of carbonyl (C=O) groups is 1. The summed E-state index contributed by atoms with van der Waals surface area (Å²) >= 11 is 0. The number of rotatable bonds is 6. The molecule has 1 aliphatic heterocycles. The molecule has 1 saturated heterocycles. The molecule has 2 aromatic rings. The number of amides is 1. The zero-order chi connectivity index (χ0) is 19.2. The standard InChI is InChI=1S/C22H30N4O/c1-4-20-16-25(15-19-10-12-23-22(24-19)17(2)3)13-11-21(27)26(20)14-18-8-6-5-7-9-18/h5-10,12,17,20H,4,11,13-16H2,1-3H3. The van der Waals surface area contributed by atoms with Gasteiger partial charge in [-0.2, -0.15) is 0 Å². The van der Waals surface area contributed by atoms with Gasteiger partial charge in [-0.1, -0.05) is 51.1 Å². The first-order chi connectivity index (χ1) is 13.1. The van der Waals surface area contributed by atoms with E-state index < -0.39 is 0 Å². The Morgan fingerprint density at radius 2 is 1.93 bits per heavy atom. The van der Waals surface area contributed by atoms with Gasteiger partial charge in [-0.3, -0.25) is 9.69 Å². The number of benzene rings is 1. The highest BCUT2D eigenvalue weighted by atomic mass is 16.2. The minimum atomic E-state index is 0.228. The molecule has 5 nitrogen and oxygen atoms in total. The van der Waals surface area contributed by atoms with E-state index >= 15 is 0 Å². The average Bonchev–Trinajstić information content (AvgIpc) is 2.82. The Hall–Kier alpha value is -2.27. The minimum absolute atomic E-state index is 0.228. The predicted molar refractivity (Wildman–Crippen MR) is 107 cm³/mol. The highest BCUT2D eigenvalue weighted by Crippen LogP contribution is 2.19. The largest absolute Gasteiger partial charge is 0.334 e. The molecule has 27 heavy (non-hydrogen) atoms. The zero-order valence-corrected chi connectivity index (χ0v) is 16.6. The lowest BCUT2D eigenvalue weighted by molar-refractivity contribution is -0.133. The molecule has 2 heterocycles. The van der Waals surface area contributed by atoms with Gasteiger partial charge in [-0.25, -0.2) is 9.97 Å². The lowest BCUT2D eigenvalue weighted by Gasteiger charge is -2.31. The van der Waals surface area contributed by atoms with E-state index in [4.69, 9.17) is 4.98 Å². The van der Waals surface area contributed by atoms with Crippen molar-refractivity contribution in [1.82, 2.24) is 19.8 Å². The van der Waals surface area contributed by atoms with Gasteiger partial charge in [0, 0.05) is 50.8 Å². The van der Waals surface area contributed by atoms with E-state index in [2.05, 4.69) is 47.7 Å². The van der Waals surface area contributed by atoms with Crippen molar-refractivity contribution < 1.29 is 4.79 Å². The van der Waals surface area contributed by atoms with Crippen molar-refractivity contribution in [3.63, 3.8) is 0 Å². The Morgan fingerprint density at radius 3 is 2.63 bits per heavy atom. The van der Waals surface area contributed by atoms with Crippen LogP contribution in [0.5, 0.6) is 0 Å². The number of hydrogen-bond donors (Lipinski definition) is 0. The monoisotopic (exact) mass is 366 g/mol. The van der Waals surface area contributed by atoms with Crippen LogP contribution in [0.3, 0.4) is 0 Å². The summed E-state index contributed by atoms with van der Waals surface area (Å²) in [6.07, 6.45) is 3.36. The fourth-order valence-electron chi connectivity index (χ4n) is 3.59. The highest BCUT2D eigenvalue weighted by Gasteiger charge is 2.28. The van der Waals surface area contributed by atoms with Crippen LogP contribution in [0.15, 0.2) is 42.6 Å². The van der Waals surface area contributed by atoms with E-state index in [0.29, 0.717) is 18.9 Å². The van der Waals surface area contributed by atoms with Gasteiger partial charge in [0.05, 0.1) is 5.69 Å². The second-order valence-corrected chi connectivity index (χ2v) is 7.62. The molecule has 0 saturated carbocycles. The number of aromatic nitrogens is 2. The summed E-state index contributed by atoms with van der Waals surface area (Å²) in [5.74, 6) is 1.45. The van der Waals surface area contributed by atoms with Gasteiger partial charge in [-0.05, 0) is 18.1 Å². The second kappa shape index (κ2) is 9.09. The zero-order valence-electron chi connectivity index (χ0n) is 16.6. The van der Waals surface area contributed by atoms with Gasteiger partial charge in [0.2, 0.25) is 5.91 Å². The van der Waals surface area contributed by atoms with Crippen molar-refractivity contribution in [2.75, 3.05) is 13.1 Å². The fourth-order valence-corrected chi connectivity index (χ4v) is 3.59. The van der Waals surface area contributed by atoms with Crippen LogP contribution in [0, 0.1) is 0 Å². The molecule has 1 atom stereocenters. The number of nitrogens with zero attached hydrogens (tertiary/aromatic N) is 4. The first-order valence-electron chi connectivity index (χ1n) is 9.94. The molecule has 1 unspecified atom stereocenters. The van der Waals surface area contributed by atoms with Crippen LogP contribution in [0.4, 0.5) is 0 Å². The second-order valence-electron chi connectivity index (χ2n) is 7.62. The lowest BCUT2D eigenvalue weighted by Crippen LogP contribution is -2.42. The van der Waals surface area contributed by atoms with Crippen LogP contribution in [-0.4, -0.2) is 44.8 Å². The molecule has 3 rings (SSSR count). The molecule has 1 aliphatic rings. The SMILES string of the molecule is CCC1CN(Cc2ccnc(C(C)C)n2)CCC(=O)N1Cc1ccccc1. The third-order valence-electron chi connectivity index (χ3n) is 5.17. The van der Waals surface area contributed by atoms with Crippen molar-refractivity contribution in [2.45, 2.75) is 58.7 Å². The normalized spacial score (nSPS) is 18.7. The maximum atomic E-state index is 12.8. The van der Waals surface area contributed by atoms with E-state index in [0.717, 1.165) is 37.6 Å². The predicted octanol–water partition coefficient (Wildman–Crippen LogP) is 3.61. The fraction of sp³-hybridized carbons (Fsp3) is 0.500. The van der Waals surface area contributed by atoms with E-state index in [1.165, 1.54) is 5.56 Å². The molecule has 1 amide bonds. The summed E-state index contributed by atoms with van der Waals surface area (Å²) in [7, 11) is 0. The van der Waals surface area contributed by atoms with Crippen LogP contribution in [0.1, 0.15) is 56.6 Å².